The van der Waals surface area contributed by atoms with Gasteiger partial charge in [0.1, 0.15) is 12.4 Å². The third kappa shape index (κ3) is 12.5. The molecule has 170 valence electrons. The third-order valence-electron chi connectivity index (χ3n) is 6.35. The normalized spacial score (nSPS) is 11.6. The van der Waals surface area contributed by atoms with E-state index in [2.05, 4.69) is 49.2 Å². The molecule has 0 aliphatic rings. The van der Waals surface area contributed by atoms with Crippen LogP contribution in [0.25, 0.3) is 0 Å². The minimum atomic E-state index is 0.573. The molecule has 1 heterocycles. The topological polar surface area (TPSA) is 8.81 Å². The van der Waals surface area contributed by atoms with Gasteiger partial charge in [-0.1, -0.05) is 104 Å². The zero-order chi connectivity index (χ0) is 21.2. The Kier molecular flexibility index (Phi) is 16.3. The molecule has 0 radical (unpaired) electrons. The van der Waals surface area contributed by atoms with E-state index in [1.54, 1.807) is 5.82 Å². The molecule has 0 aromatic carbocycles. The maximum absolute atomic E-state index is 2.55. The number of rotatable bonds is 20. The summed E-state index contributed by atoms with van der Waals surface area (Å²) in [6.45, 7) is 10.4. The van der Waals surface area contributed by atoms with Gasteiger partial charge in [-0.15, -0.1) is 0 Å². The molecule has 0 fully saturated rings. The summed E-state index contributed by atoms with van der Waals surface area (Å²) in [4.78, 5) is 0. The quantitative estimate of drug-likeness (QED) is 0.152. The van der Waals surface area contributed by atoms with E-state index in [0.717, 1.165) is 0 Å². The SMILES string of the molecule is CCCCCCCCCCCCCCc1n(C(C)C)cc[n+]1CCCCCCC. The molecule has 0 spiro atoms. The van der Waals surface area contributed by atoms with Gasteiger partial charge in [0.2, 0.25) is 0 Å². The molecule has 0 saturated carbocycles. The lowest BCUT2D eigenvalue weighted by atomic mass is 10.0. The van der Waals surface area contributed by atoms with E-state index in [1.807, 2.05) is 0 Å². The Bertz CT molecular complexity index is 475. The molecule has 2 heteroatoms. The van der Waals surface area contributed by atoms with Crippen molar-refractivity contribution in [2.24, 2.45) is 0 Å². The molecule has 29 heavy (non-hydrogen) atoms. The number of hydrogen-bond donors (Lipinski definition) is 0. The van der Waals surface area contributed by atoms with E-state index < -0.39 is 0 Å². The molecule has 0 unspecified atom stereocenters. The average molecular weight is 406 g/mol. The second kappa shape index (κ2) is 18.0. The smallest absolute Gasteiger partial charge is 0.234 e. The lowest BCUT2D eigenvalue weighted by Crippen LogP contribution is -2.37. The first-order valence-corrected chi connectivity index (χ1v) is 13.3. The summed E-state index contributed by atoms with van der Waals surface area (Å²) in [7, 11) is 0. The highest BCUT2D eigenvalue weighted by atomic mass is 15.2. The standard InChI is InChI=1S/C27H53N2/c1-5-7-9-11-12-13-14-15-16-17-18-20-22-27-28(23-21-19-10-8-6-2)24-25-29(27)26(3)4/h24-26H,5-23H2,1-4H3/q+1. The van der Waals surface area contributed by atoms with E-state index in [9.17, 15) is 0 Å². The number of unbranched alkanes of at least 4 members (excludes halogenated alkanes) is 15. The van der Waals surface area contributed by atoms with Crippen molar-refractivity contribution in [2.75, 3.05) is 0 Å². The molecule has 0 atom stereocenters. The van der Waals surface area contributed by atoms with Crippen LogP contribution >= 0.6 is 0 Å². The van der Waals surface area contributed by atoms with Gasteiger partial charge in [0.15, 0.2) is 0 Å². The van der Waals surface area contributed by atoms with E-state index in [0.29, 0.717) is 6.04 Å². The zero-order valence-electron chi connectivity index (χ0n) is 20.6. The fourth-order valence-electron chi connectivity index (χ4n) is 4.43. The Morgan fingerprint density at radius 2 is 1.10 bits per heavy atom. The van der Waals surface area contributed by atoms with Gasteiger partial charge in [-0.25, -0.2) is 9.13 Å². The number of nitrogens with zero attached hydrogens (tertiary/aromatic N) is 2. The van der Waals surface area contributed by atoms with Crippen molar-refractivity contribution in [3.05, 3.63) is 18.2 Å². The molecule has 1 rings (SSSR count). The Labute approximate surface area is 183 Å². The van der Waals surface area contributed by atoms with Gasteiger partial charge in [-0.05, 0) is 33.1 Å². The lowest BCUT2D eigenvalue weighted by molar-refractivity contribution is -0.704. The largest absolute Gasteiger partial charge is 0.256 e. The summed E-state index contributed by atoms with van der Waals surface area (Å²) in [6, 6.07) is 0.573. The van der Waals surface area contributed by atoms with Gasteiger partial charge in [0, 0.05) is 6.42 Å². The molecule has 0 aliphatic heterocycles. The summed E-state index contributed by atoms with van der Waals surface area (Å²) >= 11 is 0. The van der Waals surface area contributed by atoms with E-state index >= 15 is 0 Å². The predicted octanol–water partition coefficient (Wildman–Crippen LogP) is 8.57. The van der Waals surface area contributed by atoms with Crippen molar-refractivity contribution in [1.29, 1.82) is 0 Å². The van der Waals surface area contributed by atoms with Crippen LogP contribution in [0.5, 0.6) is 0 Å². The van der Waals surface area contributed by atoms with Gasteiger partial charge in [0.05, 0.1) is 12.6 Å². The van der Waals surface area contributed by atoms with Crippen LogP contribution in [0.3, 0.4) is 0 Å². The highest BCUT2D eigenvalue weighted by Crippen LogP contribution is 2.14. The number of aryl methyl sites for hydroxylation is 1. The minimum Gasteiger partial charge on any atom is -0.234 e. The summed E-state index contributed by atoms with van der Waals surface area (Å²) in [6.07, 6.45) is 29.9. The minimum absolute atomic E-state index is 0.573. The molecular formula is C27H53N2+. The van der Waals surface area contributed by atoms with Crippen molar-refractivity contribution in [1.82, 2.24) is 4.57 Å². The van der Waals surface area contributed by atoms with Crippen LogP contribution in [0.4, 0.5) is 0 Å². The summed E-state index contributed by atoms with van der Waals surface area (Å²) in [5, 5.41) is 0. The fraction of sp³-hybridized carbons (Fsp3) is 0.889. The Hall–Kier alpha value is -0.790. The maximum Gasteiger partial charge on any atom is 0.256 e. The van der Waals surface area contributed by atoms with Crippen LogP contribution in [0, 0.1) is 0 Å². The molecule has 0 N–H and O–H groups in total. The van der Waals surface area contributed by atoms with Crippen molar-refractivity contribution in [3.63, 3.8) is 0 Å². The number of hydrogen-bond acceptors (Lipinski definition) is 0. The fourth-order valence-corrected chi connectivity index (χ4v) is 4.43. The monoisotopic (exact) mass is 405 g/mol. The van der Waals surface area contributed by atoms with Crippen LogP contribution in [-0.2, 0) is 13.0 Å². The first-order chi connectivity index (χ1) is 14.2. The highest BCUT2D eigenvalue weighted by molar-refractivity contribution is 4.86. The van der Waals surface area contributed by atoms with E-state index in [1.165, 1.54) is 122 Å². The van der Waals surface area contributed by atoms with Gasteiger partial charge >= 0.3 is 0 Å². The maximum atomic E-state index is 2.55. The molecular weight excluding hydrogens is 352 g/mol. The van der Waals surface area contributed by atoms with Gasteiger partial charge in [-0.3, -0.25) is 0 Å². The molecule has 0 aliphatic carbocycles. The van der Waals surface area contributed by atoms with Crippen LogP contribution in [0.15, 0.2) is 12.4 Å². The molecule has 1 aromatic rings. The summed E-state index contributed by atoms with van der Waals surface area (Å²) in [5.74, 6) is 1.56. The molecule has 1 aromatic heterocycles. The molecule has 0 saturated heterocycles. The third-order valence-corrected chi connectivity index (χ3v) is 6.35. The molecule has 0 bridgehead atoms. The summed E-state index contributed by atoms with van der Waals surface area (Å²) in [5.41, 5.74) is 0. The Balaban J connectivity index is 2.18. The van der Waals surface area contributed by atoms with Gasteiger partial charge in [-0.2, -0.15) is 0 Å². The van der Waals surface area contributed by atoms with Crippen LogP contribution in [-0.4, -0.2) is 4.57 Å². The first-order valence-electron chi connectivity index (χ1n) is 13.3. The Morgan fingerprint density at radius 1 is 0.655 bits per heavy atom. The number of imidazole rings is 1. The van der Waals surface area contributed by atoms with Crippen LogP contribution < -0.4 is 4.57 Å². The van der Waals surface area contributed by atoms with Crippen molar-refractivity contribution in [2.45, 2.75) is 156 Å². The second-order valence-corrected chi connectivity index (χ2v) is 9.46. The van der Waals surface area contributed by atoms with Gasteiger partial charge < -0.3 is 0 Å². The average Bonchev–Trinajstić information content (AvgIpc) is 3.11. The Morgan fingerprint density at radius 3 is 1.59 bits per heavy atom. The van der Waals surface area contributed by atoms with E-state index in [4.69, 9.17) is 0 Å². The van der Waals surface area contributed by atoms with Crippen molar-refractivity contribution in [3.8, 4) is 0 Å². The van der Waals surface area contributed by atoms with E-state index in [-0.39, 0.29) is 0 Å². The van der Waals surface area contributed by atoms with Crippen LogP contribution in [0.1, 0.15) is 149 Å². The van der Waals surface area contributed by atoms with Crippen molar-refractivity contribution < 1.29 is 4.57 Å². The number of aromatic nitrogens is 2. The lowest BCUT2D eigenvalue weighted by Gasteiger charge is -2.08. The zero-order valence-corrected chi connectivity index (χ0v) is 20.6. The molecule has 0 amide bonds. The second-order valence-electron chi connectivity index (χ2n) is 9.46. The first kappa shape index (κ1) is 26.2. The summed E-state index contributed by atoms with van der Waals surface area (Å²) < 4.78 is 5.05. The molecule has 2 nitrogen and oxygen atoms in total. The van der Waals surface area contributed by atoms with Crippen LogP contribution in [0.2, 0.25) is 0 Å². The van der Waals surface area contributed by atoms with Gasteiger partial charge in [0.25, 0.3) is 5.82 Å². The van der Waals surface area contributed by atoms with Crippen molar-refractivity contribution >= 4 is 0 Å². The predicted molar refractivity (Wildman–Crippen MR) is 129 cm³/mol. The highest BCUT2D eigenvalue weighted by Gasteiger charge is 2.18.